The van der Waals surface area contributed by atoms with Crippen LogP contribution in [0.15, 0.2) is 255 Å². The molecule has 0 unspecified atom stereocenters. The van der Waals surface area contributed by atoms with E-state index in [9.17, 15) is 0 Å². The van der Waals surface area contributed by atoms with Crippen molar-refractivity contribution in [2.24, 2.45) is 0 Å². The Bertz CT molecular complexity index is 7540. The summed E-state index contributed by atoms with van der Waals surface area (Å²) < 4.78 is 0. The summed E-state index contributed by atoms with van der Waals surface area (Å²) in [4.78, 5) is 18.2. The fourth-order valence-corrected chi connectivity index (χ4v) is 18.0. The summed E-state index contributed by atoms with van der Waals surface area (Å²) in [6, 6.07) is 101. The van der Waals surface area contributed by atoms with E-state index in [4.69, 9.17) is 15.0 Å². The molecule has 0 saturated carbocycles. The minimum absolute atomic E-state index is 0.0976. The molecule has 120 heavy (non-hydrogen) atoms. The molecule has 596 valence electrons. The van der Waals surface area contributed by atoms with Crippen molar-refractivity contribution in [3.05, 3.63) is 316 Å². The molecule has 0 saturated heterocycles. The first-order chi connectivity index (χ1) is 56.6. The number of hydrogen-bond donors (Lipinski definition) is 0. The maximum absolute atomic E-state index is 6.23. The molecule has 3 heteroatoms. The largest absolute Gasteiger partial charge is 0.248 e. The van der Waals surface area contributed by atoms with E-state index in [0.717, 1.165) is 164 Å². The smallest absolute Gasteiger partial charge is 0.0716 e. The van der Waals surface area contributed by atoms with E-state index in [-0.39, 0.29) is 32.5 Å². The van der Waals surface area contributed by atoms with Crippen LogP contribution in [0, 0.1) is 27.7 Å². The fraction of sp³-hybridized carbons (Fsp3) is 0.256. The van der Waals surface area contributed by atoms with Gasteiger partial charge in [-0.15, -0.1) is 0 Å². The monoisotopic (exact) mass is 1560 g/mol. The number of rotatable bonds is 3. The van der Waals surface area contributed by atoms with Crippen LogP contribution in [0.3, 0.4) is 0 Å². The van der Waals surface area contributed by atoms with Gasteiger partial charge < -0.3 is 0 Å². The highest BCUT2D eigenvalue weighted by Gasteiger charge is 2.24. The Morgan fingerprint density at radius 3 is 0.625 bits per heavy atom. The molecule has 0 aliphatic carbocycles. The Kier molecular flexibility index (Phi) is 18.9. The predicted octanol–water partition coefficient (Wildman–Crippen LogP) is 33.5. The topological polar surface area (TPSA) is 38.7 Å². The number of aryl methyl sites for hydroxylation is 5. The normalized spacial score (nSPS) is 12.8. The van der Waals surface area contributed by atoms with Crippen molar-refractivity contribution in [1.82, 2.24) is 15.0 Å². The van der Waals surface area contributed by atoms with E-state index in [1.54, 1.807) is 0 Å². The van der Waals surface area contributed by atoms with Gasteiger partial charge in [0.25, 0.3) is 0 Å². The predicted molar refractivity (Wildman–Crippen MR) is 527 cm³/mol. The fourth-order valence-electron chi connectivity index (χ4n) is 18.0. The summed E-state index contributed by atoms with van der Waals surface area (Å²) in [6.45, 7) is 53.5. The van der Waals surface area contributed by atoms with Gasteiger partial charge in [-0.3, -0.25) is 0 Å². The lowest BCUT2D eigenvalue weighted by Crippen LogP contribution is -2.11. The van der Waals surface area contributed by atoms with Gasteiger partial charge in [-0.1, -0.05) is 234 Å². The SMILES string of the molecule is CCc1cc(-c2cc3cc(c2)c2cc(C)cc(n2)c2cc(-c4cc(C)cc(C(C)(C)C)c4)cc(c2)c2cc4cc(c2)c2cc5cc(n2)c2cc(cc3c2)c2cc(C(C)(C)C)cc(c2)c2cc(C(C)(C)C)cc(c2)c2cc(C)cc(c2)c2cc5cc(n2)c2cc(C)cc(c2)c2cc(C(C)(C)C)cc(c2)c2cc(C(C)(C)C)cc4c2)cc(C(C)(C)C)c1. The number of fused-ring (bicyclic) bond motifs is 36. The average Bonchev–Trinajstić information content (AvgIpc) is 0.752. The molecule has 4 heterocycles. The molecule has 18 rings (SSSR count). The van der Waals surface area contributed by atoms with Crippen molar-refractivity contribution >= 4 is 162 Å². The summed E-state index contributed by atoms with van der Waals surface area (Å²) in [5.74, 6) is 0. The second kappa shape index (κ2) is 28.7. The zero-order valence-electron chi connectivity index (χ0n) is 74.8. The highest BCUT2D eigenvalue weighted by Crippen LogP contribution is 2.43. The zero-order valence-corrected chi connectivity index (χ0v) is 74.8. The Balaban J connectivity index is 1.17. The van der Waals surface area contributed by atoms with Crippen molar-refractivity contribution in [2.45, 2.75) is 198 Å². The van der Waals surface area contributed by atoms with Crippen LogP contribution in [0.2, 0.25) is 0 Å². The van der Waals surface area contributed by atoms with Crippen LogP contribution >= 0.6 is 0 Å². The lowest BCUT2D eigenvalue weighted by molar-refractivity contribution is 0.589. The van der Waals surface area contributed by atoms with Gasteiger partial charge in [0.05, 0.1) is 33.1 Å². The van der Waals surface area contributed by atoms with Gasteiger partial charge in [0.2, 0.25) is 0 Å². The van der Waals surface area contributed by atoms with Crippen LogP contribution in [-0.2, 0) is 38.9 Å². The molecular formula is C117H113N3. The molecule has 3 nitrogen and oxygen atoms in total. The molecule has 0 amide bonds. The minimum Gasteiger partial charge on any atom is -0.248 e. The lowest BCUT2D eigenvalue weighted by Gasteiger charge is -2.21. The number of benzene rings is 12. The molecular weight excluding hydrogens is 1450 g/mol. The van der Waals surface area contributed by atoms with Crippen LogP contribution in [0.4, 0.5) is 0 Å². The molecule has 0 radical (unpaired) electrons. The third-order valence-electron chi connectivity index (χ3n) is 25.4. The van der Waals surface area contributed by atoms with Crippen molar-refractivity contribution in [3.63, 3.8) is 0 Å². The molecule has 18 aromatic rings. The molecule has 0 N–H and O–H groups in total. The standard InChI is InChI=1S/C117H113N3/c1-24-71-33-75(54-101(34-71)113(9,10)11)77-36-79-48-97(46-77)107-32-70(5)31-106(118-107)96-45-76(74-27-69(4)30-100(53-74)112(6,7)8)35-78(47-96)80-37-82-51-98(49-80)110-65-93-66-111(120-110)99-50-81(79)38-83(52-99)87-42-91(62-105(58-87)117(21,22)23)89-40-85(56-103(60-89)115(15,16)17)73-26-68(3)29-95(44-73)109-64-92(93)63-108(119-109)94-28-67(2)25-72(43-94)84-39-88(59-102(55-84)114(12,13)14)90-41-86(82)57-104(61-90)116(18,19)20/h25-66H,24H2,1-23H3. The van der Waals surface area contributed by atoms with Crippen molar-refractivity contribution < 1.29 is 0 Å². The van der Waals surface area contributed by atoms with Gasteiger partial charge in [0.15, 0.2) is 0 Å². The molecule has 0 aliphatic heterocycles. The second-order valence-corrected chi connectivity index (χ2v) is 41.6. The van der Waals surface area contributed by atoms with Gasteiger partial charge in [0, 0.05) is 32.3 Å². The second-order valence-electron chi connectivity index (χ2n) is 41.6. The van der Waals surface area contributed by atoms with Crippen LogP contribution in [0.1, 0.15) is 193 Å². The first kappa shape index (κ1) is 79.2. The van der Waals surface area contributed by atoms with E-state index in [1.165, 1.54) is 88.0 Å². The van der Waals surface area contributed by atoms with Crippen molar-refractivity contribution in [3.8, 4) is 22.3 Å². The maximum atomic E-state index is 6.23. The first-order valence-corrected chi connectivity index (χ1v) is 43.4. The van der Waals surface area contributed by atoms with E-state index < -0.39 is 0 Å². The molecule has 14 aromatic carbocycles. The molecule has 0 spiro atoms. The Hall–Kier alpha value is -11.9. The third-order valence-corrected chi connectivity index (χ3v) is 25.4. The van der Waals surface area contributed by atoms with E-state index in [0.29, 0.717) is 0 Å². The van der Waals surface area contributed by atoms with E-state index >= 15 is 0 Å². The van der Waals surface area contributed by atoms with Crippen LogP contribution in [0.5, 0.6) is 0 Å². The van der Waals surface area contributed by atoms with Gasteiger partial charge in [0.1, 0.15) is 0 Å². The zero-order chi connectivity index (χ0) is 84.5. The Morgan fingerprint density at radius 2 is 0.333 bits per heavy atom. The molecule has 0 atom stereocenters. The summed E-state index contributed by atoms with van der Waals surface area (Å²) >= 11 is 0. The molecule has 4 aromatic heterocycles. The van der Waals surface area contributed by atoms with Gasteiger partial charge >= 0.3 is 0 Å². The highest BCUT2D eigenvalue weighted by atomic mass is 14.7. The first-order valence-electron chi connectivity index (χ1n) is 43.4. The van der Waals surface area contributed by atoms with E-state index in [2.05, 4.69) is 414 Å². The van der Waals surface area contributed by atoms with Gasteiger partial charge in [-0.25, -0.2) is 15.0 Å². The number of nitrogens with zero attached hydrogens (tertiary/aromatic N) is 3. The summed E-state index contributed by atoms with van der Waals surface area (Å²) in [5, 5.41) is 26.4. The summed E-state index contributed by atoms with van der Waals surface area (Å²) in [5.41, 5.74) is 22.6. The number of hydrogen-bond acceptors (Lipinski definition) is 3. The third kappa shape index (κ3) is 15.6. The van der Waals surface area contributed by atoms with Gasteiger partial charge in [-0.05, 0) is 399 Å². The highest BCUT2D eigenvalue weighted by molar-refractivity contribution is 6.11. The Labute approximate surface area is 709 Å². The molecule has 30 bridgehead atoms. The van der Waals surface area contributed by atoms with Crippen LogP contribution in [-0.4, -0.2) is 15.0 Å². The van der Waals surface area contributed by atoms with E-state index in [1.807, 2.05) is 0 Å². The van der Waals surface area contributed by atoms with Crippen LogP contribution < -0.4 is 0 Å². The molecule has 0 aliphatic rings. The Morgan fingerprint density at radius 1 is 0.158 bits per heavy atom. The minimum atomic E-state index is -0.218. The number of aromatic nitrogens is 3. The summed E-state index contributed by atoms with van der Waals surface area (Å²) in [7, 11) is 0. The molecule has 0 fully saturated rings. The average molecular weight is 1560 g/mol. The maximum Gasteiger partial charge on any atom is 0.0716 e. The summed E-state index contributed by atoms with van der Waals surface area (Å²) in [6.07, 6.45) is 0.912. The lowest BCUT2D eigenvalue weighted by atomic mass is 9.83. The number of pyridine rings is 3. The van der Waals surface area contributed by atoms with Crippen LogP contribution in [0.25, 0.3) is 185 Å². The van der Waals surface area contributed by atoms with Crippen molar-refractivity contribution in [2.75, 3.05) is 0 Å². The quantitative estimate of drug-likeness (QED) is 0.177. The van der Waals surface area contributed by atoms with Gasteiger partial charge in [-0.2, -0.15) is 0 Å². The van der Waals surface area contributed by atoms with Crippen molar-refractivity contribution in [1.29, 1.82) is 0 Å².